The number of aromatic amines is 1. The summed E-state index contributed by atoms with van der Waals surface area (Å²) in [4.78, 5) is 24.8. The highest BCUT2D eigenvalue weighted by Gasteiger charge is 2.47. The number of nitrogens with one attached hydrogen (secondary N) is 2. The Morgan fingerprint density at radius 1 is 1.40 bits per heavy atom. The van der Waals surface area contributed by atoms with Gasteiger partial charge in [0, 0.05) is 7.11 Å². The molecule has 2 aromatic rings. The van der Waals surface area contributed by atoms with E-state index in [4.69, 9.17) is 4.74 Å². The molecule has 0 spiro atoms. The Labute approximate surface area is 119 Å². The molecule has 1 aliphatic heterocycles. The van der Waals surface area contributed by atoms with Crippen molar-refractivity contribution >= 4 is 21.7 Å². The van der Waals surface area contributed by atoms with E-state index in [2.05, 4.69) is 20.3 Å². The molecule has 106 valence electrons. The number of thiazole rings is 1. The summed E-state index contributed by atoms with van der Waals surface area (Å²) in [6, 6.07) is 0.273. The average molecular weight is 292 g/mol. The third-order valence-corrected chi connectivity index (χ3v) is 5.23. The van der Waals surface area contributed by atoms with Crippen LogP contribution in [-0.4, -0.2) is 28.6 Å². The van der Waals surface area contributed by atoms with E-state index >= 15 is 0 Å². The first-order chi connectivity index (χ1) is 9.72. The van der Waals surface area contributed by atoms with Crippen LogP contribution < -0.4 is 10.9 Å². The molecule has 0 aromatic carbocycles. The number of rotatable bonds is 3. The number of H-pyrrole nitrogens is 1. The molecule has 1 aliphatic carbocycles. The zero-order valence-corrected chi connectivity index (χ0v) is 12.0. The van der Waals surface area contributed by atoms with Crippen LogP contribution in [0.15, 0.2) is 4.79 Å². The molecular formula is C13H16N4O2S. The normalized spacial score (nSPS) is 24.4. The molecule has 0 radical (unpaired) electrons. The molecule has 0 amide bonds. The van der Waals surface area contributed by atoms with Crippen LogP contribution in [0.25, 0.3) is 10.3 Å². The van der Waals surface area contributed by atoms with E-state index in [1.54, 1.807) is 7.11 Å². The zero-order valence-electron chi connectivity index (χ0n) is 11.2. The molecule has 1 saturated carbocycles. The molecule has 1 saturated heterocycles. The molecule has 2 N–H and O–H groups in total. The summed E-state index contributed by atoms with van der Waals surface area (Å²) in [7, 11) is 1.66. The topological polar surface area (TPSA) is 79.9 Å². The molecule has 0 unspecified atom stereocenters. The highest BCUT2D eigenvalue weighted by molar-refractivity contribution is 7.18. The van der Waals surface area contributed by atoms with E-state index in [1.165, 1.54) is 11.3 Å². The molecular weight excluding hydrogens is 276 g/mol. The second-order valence-electron chi connectivity index (χ2n) is 5.47. The van der Waals surface area contributed by atoms with Gasteiger partial charge in [-0.25, -0.2) is 9.97 Å². The molecule has 3 heterocycles. The summed E-state index contributed by atoms with van der Waals surface area (Å²) in [5.74, 6) is 0.645. The quantitative estimate of drug-likeness (QED) is 0.895. The lowest BCUT2D eigenvalue weighted by Crippen LogP contribution is -2.20. The first-order valence-electron chi connectivity index (χ1n) is 6.92. The fourth-order valence-corrected chi connectivity index (χ4v) is 3.81. The first kappa shape index (κ1) is 12.4. The van der Waals surface area contributed by atoms with E-state index in [1.807, 2.05) is 0 Å². The minimum Gasteiger partial charge on any atom is -0.370 e. The highest BCUT2D eigenvalue weighted by atomic mass is 32.1. The molecule has 0 bridgehead atoms. The third-order valence-electron chi connectivity index (χ3n) is 4.17. The number of hydrogen-bond acceptors (Lipinski definition) is 6. The minimum atomic E-state index is -0.372. The summed E-state index contributed by atoms with van der Waals surface area (Å²) >= 11 is 1.52. The summed E-state index contributed by atoms with van der Waals surface area (Å²) in [6.45, 7) is 1.02. The van der Waals surface area contributed by atoms with Crippen molar-refractivity contribution in [3.8, 4) is 0 Å². The molecule has 6 nitrogen and oxygen atoms in total. The highest BCUT2D eigenvalue weighted by Crippen LogP contribution is 2.47. The fourth-order valence-electron chi connectivity index (χ4n) is 2.76. The number of nitrogens with zero attached hydrogens (tertiary/aromatic N) is 2. The SMILES string of the molecule is COC1(c2nc3sc([C@H]4CCCN4)nc3c(=O)[nH]2)CC1. The van der Waals surface area contributed by atoms with Crippen molar-refractivity contribution < 1.29 is 4.74 Å². The summed E-state index contributed by atoms with van der Waals surface area (Å²) in [5, 5.41) is 4.37. The minimum absolute atomic E-state index is 0.158. The molecule has 1 atom stereocenters. The van der Waals surface area contributed by atoms with Crippen LogP contribution in [-0.2, 0) is 10.3 Å². The number of fused-ring (bicyclic) bond motifs is 1. The summed E-state index contributed by atoms with van der Waals surface area (Å²) in [6.07, 6.45) is 4.05. The van der Waals surface area contributed by atoms with E-state index in [-0.39, 0.29) is 17.2 Å². The van der Waals surface area contributed by atoms with Gasteiger partial charge in [0.15, 0.2) is 10.3 Å². The first-order valence-corrected chi connectivity index (χ1v) is 7.73. The lowest BCUT2D eigenvalue weighted by molar-refractivity contribution is 0.0712. The molecule has 4 rings (SSSR count). The predicted octanol–water partition coefficient (Wildman–Crippen LogP) is 1.44. The van der Waals surface area contributed by atoms with Crippen LogP contribution in [0, 0.1) is 0 Å². The number of aromatic nitrogens is 3. The van der Waals surface area contributed by atoms with Gasteiger partial charge in [-0.15, -0.1) is 0 Å². The summed E-state index contributed by atoms with van der Waals surface area (Å²) in [5.41, 5.74) is -0.0773. The predicted molar refractivity (Wildman–Crippen MR) is 75.9 cm³/mol. The maximum absolute atomic E-state index is 12.2. The largest absolute Gasteiger partial charge is 0.370 e. The maximum atomic E-state index is 12.2. The Hall–Kier alpha value is -1.31. The lowest BCUT2D eigenvalue weighted by atomic mass is 10.2. The van der Waals surface area contributed by atoms with Gasteiger partial charge in [-0.3, -0.25) is 4.79 Å². The lowest BCUT2D eigenvalue weighted by Gasteiger charge is -2.11. The van der Waals surface area contributed by atoms with Gasteiger partial charge in [-0.2, -0.15) is 0 Å². The Kier molecular flexibility index (Phi) is 2.70. The monoisotopic (exact) mass is 292 g/mol. The van der Waals surface area contributed by atoms with Crippen molar-refractivity contribution in [1.29, 1.82) is 0 Å². The van der Waals surface area contributed by atoms with E-state index < -0.39 is 0 Å². The van der Waals surface area contributed by atoms with Crippen molar-refractivity contribution in [3.63, 3.8) is 0 Å². The van der Waals surface area contributed by atoms with Gasteiger partial charge in [0.05, 0.1) is 6.04 Å². The van der Waals surface area contributed by atoms with Crippen LogP contribution >= 0.6 is 11.3 Å². The van der Waals surface area contributed by atoms with Crippen molar-refractivity contribution in [2.75, 3.05) is 13.7 Å². The second-order valence-corrected chi connectivity index (χ2v) is 6.48. The third kappa shape index (κ3) is 1.81. The molecule has 7 heteroatoms. The van der Waals surface area contributed by atoms with Gasteiger partial charge in [-0.1, -0.05) is 11.3 Å². The van der Waals surface area contributed by atoms with Gasteiger partial charge in [0.25, 0.3) is 5.56 Å². The smallest absolute Gasteiger partial charge is 0.278 e. The maximum Gasteiger partial charge on any atom is 0.278 e. The number of methoxy groups -OCH3 is 1. The zero-order chi connectivity index (χ0) is 13.7. The van der Waals surface area contributed by atoms with Crippen molar-refractivity contribution in [2.24, 2.45) is 0 Å². The number of ether oxygens (including phenoxy) is 1. The molecule has 20 heavy (non-hydrogen) atoms. The molecule has 2 aromatic heterocycles. The average Bonchev–Trinajstić information content (AvgIpc) is 2.89. The molecule has 2 aliphatic rings. The molecule has 2 fully saturated rings. The van der Waals surface area contributed by atoms with Gasteiger partial charge >= 0.3 is 0 Å². The Morgan fingerprint density at radius 3 is 2.90 bits per heavy atom. The van der Waals surface area contributed by atoms with Crippen molar-refractivity contribution in [2.45, 2.75) is 37.3 Å². The van der Waals surface area contributed by atoms with Crippen LogP contribution in [0.4, 0.5) is 0 Å². The van der Waals surface area contributed by atoms with Crippen LogP contribution in [0.3, 0.4) is 0 Å². The van der Waals surface area contributed by atoms with Gasteiger partial charge in [-0.05, 0) is 32.2 Å². The summed E-state index contributed by atoms with van der Waals surface area (Å²) < 4.78 is 5.48. The Morgan fingerprint density at radius 2 is 2.25 bits per heavy atom. The van der Waals surface area contributed by atoms with E-state index in [0.717, 1.165) is 42.1 Å². The second kappa shape index (κ2) is 4.34. The van der Waals surface area contributed by atoms with E-state index in [0.29, 0.717) is 11.3 Å². The van der Waals surface area contributed by atoms with Crippen LogP contribution in [0.2, 0.25) is 0 Å². The van der Waals surface area contributed by atoms with Crippen LogP contribution in [0.1, 0.15) is 42.6 Å². The van der Waals surface area contributed by atoms with Crippen molar-refractivity contribution in [3.05, 3.63) is 21.2 Å². The van der Waals surface area contributed by atoms with Gasteiger partial charge in [0.1, 0.15) is 16.4 Å². The fraction of sp³-hybridized carbons (Fsp3) is 0.615. The number of hydrogen-bond donors (Lipinski definition) is 2. The Balaban J connectivity index is 1.81. The standard InChI is InChI=1S/C13H16N4O2S/c1-19-13(4-5-13)12-16-9(18)8-11(17-12)20-10(15-8)7-3-2-6-14-7/h7,14H,2-6H2,1H3,(H,16,17,18)/t7-/m1/s1. The van der Waals surface area contributed by atoms with Gasteiger partial charge < -0.3 is 15.0 Å². The Bertz CT molecular complexity index is 713. The van der Waals surface area contributed by atoms with Crippen LogP contribution in [0.5, 0.6) is 0 Å². The van der Waals surface area contributed by atoms with Crippen molar-refractivity contribution in [1.82, 2.24) is 20.3 Å². The van der Waals surface area contributed by atoms with E-state index in [9.17, 15) is 4.79 Å². The van der Waals surface area contributed by atoms with Gasteiger partial charge in [0.2, 0.25) is 0 Å².